The third-order valence-corrected chi connectivity index (χ3v) is 6.11. The van der Waals surface area contributed by atoms with Crippen LogP contribution in [-0.2, 0) is 4.79 Å². The number of carbonyl (C=O) groups is 1. The molecule has 4 aliphatic carbocycles. The lowest BCUT2D eigenvalue weighted by atomic mass is 9.48. The minimum absolute atomic E-state index is 0.0131. The Kier molecular flexibility index (Phi) is 3.39. The Morgan fingerprint density at radius 3 is 2.14 bits per heavy atom. The topological polar surface area (TPSA) is 52.3 Å². The van der Waals surface area contributed by atoms with Crippen molar-refractivity contribution in [2.45, 2.75) is 44.9 Å². The highest BCUT2D eigenvalue weighted by atomic mass is 16.5. The number of carbonyl (C=O) groups excluding carboxylic acids is 1. The first-order chi connectivity index (χ1) is 10.6. The Morgan fingerprint density at radius 2 is 1.59 bits per heavy atom. The van der Waals surface area contributed by atoms with Gasteiger partial charge >= 0.3 is 0 Å². The summed E-state index contributed by atoms with van der Waals surface area (Å²) < 4.78 is 5.72. The van der Waals surface area contributed by atoms with E-state index in [1.165, 1.54) is 19.3 Å². The van der Waals surface area contributed by atoms with Crippen molar-refractivity contribution >= 4 is 11.5 Å². The van der Waals surface area contributed by atoms with Gasteiger partial charge in [-0.1, -0.05) is 0 Å². The SMILES string of the molecule is Nc1ccc(OCCC(=O)C23CC4CC(CC(C4)C2)C3)cc1. The van der Waals surface area contributed by atoms with Crippen LogP contribution in [0, 0.1) is 23.2 Å². The van der Waals surface area contributed by atoms with Gasteiger partial charge in [0.05, 0.1) is 6.61 Å². The van der Waals surface area contributed by atoms with Crippen LogP contribution >= 0.6 is 0 Å². The molecule has 22 heavy (non-hydrogen) atoms. The highest BCUT2D eigenvalue weighted by Gasteiger charge is 2.53. The molecular weight excluding hydrogens is 274 g/mol. The fraction of sp³-hybridized carbons (Fsp3) is 0.632. The van der Waals surface area contributed by atoms with Crippen LogP contribution in [0.25, 0.3) is 0 Å². The number of benzene rings is 1. The van der Waals surface area contributed by atoms with Gasteiger partial charge in [0.25, 0.3) is 0 Å². The van der Waals surface area contributed by atoms with Crippen molar-refractivity contribution in [3.63, 3.8) is 0 Å². The Morgan fingerprint density at radius 1 is 1.05 bits per heavy atom. The highest BCUT2D eigenvalue weighted by Crippen LogP contribution is 2.60. The quantitative estimate of drug-likeness (QED) is 0.841. The molecule has 1 aromatic carbocycles. The molecule has 4 bridgehead atoms. The van der Waals surface area contributed by atoms with Crippen LogP contribution in [0.15, 0.2) is 24.3 Å². The number of ketones is 1. The molecule has 0 spiro atoms. The second-order valence-electron chi connectivity index (χ2n) is 7.79. The van der Waals surface area contributed by atoms with Crippen LogP contribution in [0.1, 0.15) is 44.9 Å². The van der Waals surface area contributed by atoms with E-state index in [2.05, 4.69) is 0 Å². The van der Waals surface area contributed by atoms with Gasteiger partial charge in [0, 0.05) is 17.5 Å². The zero-order valence-electron chi connectivity index (χ0n) is 13.1. The minimum Gasteiger partial charge on any atom is -0.493 e. The molecule has 3 heteroatoms. The average Bonchev–Trinajstić information content (AvgIpc) is 2.48. The maximum absolute atomic E-state index is 12.8. The molecule has 0 aliphatic heterocycles. The number of ether oxygens (including phenoxy) is 1. The Labute approximate surface area is 132 Å². The van der Waals surface area contributed by atoms with E-state index in [1.807, 2.05) is 24.3 Å². The van der Waals surface area contributed by atoms with Gasteiger partial charge < -0.3 is 10.5 Å². The lowest BCUT2D eigenvalue weighted by Gasteiger charge is -2.56. The predicted octanol–water partition coefficient (Wildman–Crippen LogP) is 3.82. The Bertz CT molecular complexity index is 528. The number of hydrogen-bond donors (Lipinski definition) is 1. The summed E-state index contributed by atoms with van der Waals surface area (Å²) in [6.45, 7) is 0.491. The molecule has 0 amide bonds. The summed E-state index contributed by atoms with van der Waals surface area (Å²) in [5, 5.41) is 0. The maximum Gasteiger partial charge on any atom is 0.142 e. The average molecular weight is 299 g/mol. The molecule has 2 N–H and O–H groups in total. The number of anilines is 1. The second kappa shape index (κ2) is 5.29. The summed E-state index contributed by atoms with van der Waals surface area (Å²) in [6, 6.07) is 7.39. The van der Waals surface area contributed by atoms with Gasteiger partial charge in [-0.25, -0.2) is 0 Å². The van der Waals surface area contributed by atoms with Crippen molar-refractivity contribution in [3.05, 3.63) is 24.3 Å². The van der Waals surface area contributed by atoms with Crippen LogP contribution in [0.2, 0.25) is 0 Å². The molecule has 0 radical (unpaired) electrons. The lowest BCUT2D eigenvalue weighted by Crippen LogP contribution is -2.50. The Hall–Kier alpha value is -1.51. The van der Waals surface area contributed by atoms with E-state index in [9.17, 15) is 4.79 Å². The molecule has 0 aromatic heterocycles. The lowest BCUT2D eigenvalue weighted by molar-refractivity contribution is -0.144. The van der Waals surface area contributed by atoms with Crippen LogP contribution in [0.5, 0.6) is 5.75 Å². The molecule has 118 valence electrons. The van der Waals surface area contributed by atoms with Crippen LogP contribution in [-0.4, -0.2) is 12.4 Å². The van der Waals surface area contributed by atoms with Gasteiger partial charge in [0.2, 0.25) is 0 Å². The number of rotatable bonds is 5. The standard InChI is InChI=1S/C19H25NO2/c20-16-1-3-17(4-2-16)22-6-5-18(21)19-10-13-7-14(11-19)9-15(8-13)12-19/h1-4,13-15H,5-12,20H2. The molecule has 4 fully saturated rings. The van der Waals surface area contributed by atoms with E-state index < -0.39 is 0 Å². The van der Waals surface area contributed by atoms with Crippen molar-refractivity contribution in [2.75, 3.05) is 12.3 Å². The van der Waals surface area contributed by atoms with E-state index in [0.29, 0.717) is 18.8 Å². The molecule has 0 unspecified atom stereocenters. The Balaban J connectivity index is 1.35. The van der Waals surface area contributed by atoms with Crippen molar-refractivity contribution in [2.24, 2.45) is 23.2 Å². The molecular formula is C19H25NO2. The van der Waals surface area contributed by atoms with Gasteiger partial charge in [0.15, 0.2) is 0 Å². The van der Waals surface area contributed by atoms with E-state index >= 15 is 0 Å². The molecule has 4 saturated carbocycles. The summed E-state index contributed by atoms with van der Waals surface area (Å²) in [7, 11) is 0. The molecule has 1 aromatic rings. The van der Waals surface area contributed by atoms with Crippen molar-refractivity contribution < 1.29 is 9.53 Å². The highest BCUT2D eigenvalue weighted by molar-refractivity contribution is 5.85. The van der Waals surface area contributed by atoms with E-state index in [4.69, 9.17) is 10.5 Å². The summed E-state index contributed by atoms with van der Waals surface area (Å²) in [5.41, 5.74) is 6.41. The fourth-order valence-corrected chi connectivity index (χ4v) is 5.54. The third kappa shape index (κ3) is 2.51. The summed E-state index contributed by atoms with van der Waals surface area (Å²) in [5.74, 6) is 3.74. The number of hydrogen-bond acceptors (Lipinski definition) is 3. The molecule has 4 aliphatic rings. The van der Waals surface area contributed by atoms with Gasteiger partial charge in [0.1, 0.15) is 11.5 Å². The predicted molar refractivity (Wildman–Crippen MR) is 86.6 cm³/mol. The summed E-state index contributed by atoms with van der Waals surface area (Å²) in [4.78, 5) is 12.8. The first-order valence-corrected chi connectivity index (χ1v) is 8.65. The van der Waals surface area contributed by atoms with Crippen molar-refractivity contribution in [1.29, 1.82) is 0 Å². The zero-order chi connectivity index (χ0) is 15.2. The third-order valence-electron chi connectivity index (χ3n) is 6.11. The summed E-state index contributed by atoms with van der Waals surface area (Å²) in [6.07, 6.45) is 8.16. The van der Waals surface area contributed by atoms with Crippen LogP contribution < -0.4 is 10.5 Å². The second-order valence-corrected chi connectivity index (χ2v) is 7.79. The molecule has 5 rings (SSSR count). The van der Waals surface area contributed by atoms with Gasteiger partial charge in [-0.3, -0.25) is 4.79 Å². The maximum atomic E-state index is 12.8. The molecule has 3 nitrogen and oxygen atoms in total. The van der Waals surface area contributed by atoms with Crippen LogP contribution in [0.3, 0.4) is 0 Å². The largest absolute Gasteiger partial charge is 0.493 e. The smallest absolute Gasteiger partial charge is 0.142 e. The van der Waals surface area contributed by atoms with Gasteiger partial charge in [-0.05, 0) is 80.5 Å². The van der Waals surface area contributed by atoms with Gasteiger partial charge in [-0.15, -0.1) is 0 Å². The first-order valence-electron chi connectivity index (χ1n) is 8.65. The fourth-order valence-electron chi connectivity index (χ4n) is 5.54. The van der Waals surface area contributed by atoms with E-state index in [-0.39, 0.29) is 5.41 Å². The van der Waals surface area contributed by atoms with Crippen molar-refractivity contribution in [1.82, 2.24) is 0 Å². The molecule has 0 atom stereocenters. The van der Waals surface area contributed by atoms with E-state index in [1.54, 1.807) is 0 Å². The monoisotopic (exact) mass is 299 g/mol. The normalized spacial score (nSPS) is 35.5. The van der Waals surface area contributed by atoms with Crippen molar-refractivity contribution in [3.8, 4) is 5.75 Å². The number of Topliss-reactive ketones (excluding diaryl/α,β-unsaturated/α-hetero) is 1. The first kappa shape index (κ1) is 14.1. The molecule has 0 saturated heterocycles. The number of nitrogens with two attached hydrogens (primary N) is 1. The number of nitrogen functional groups attached to an aromatic ring is 1. The summed E-state index contributed by atoms with van der Waals surface area (Å²) >= 11 is 0. The van der Waals surface area contributed by atoms with E-state index in [0.717, 1.165) is 48.5 Å². The zero-order valence-corrected chi connectivity index (χ0v) is 13.1. The van der Waals surface area contributed by atoms with Gasteiger partial charge in [-0.2, -0.15) is 0 Å². The minimum atomic E-state index is 0.0131. The molecule has 0 heterocycles. The van der Waals surface area contributed by atoms with Crippen LogP contribution in [0.4, 0.5) is 5.69 Å².